The van der Waals surface area contributed by atoms with Crippen molar-refractivity contribution in [1.82, 2.24) is 24.9 Å². The van der Waals surface area contributed by atoms with E-state index < -0.39 is 36.2 Å². The Hall–Kier alpha value is -3.41. The summed E-state index contributed by atoms with van der Waals surface area (Å²) in [6.45, 7) is 2.21. The molecule has 3 aromatic rings. The third-order valence-corrected chi connectivity index (χ3v) is 5.67. The van der Waals surface area contributed by atoms with Gasteiger partial charge in [0.15, 0.2) is 17.3 Å². The van der Waals surface area contributed by atoms with E-state index in [1.165, 1.54) is 43.0 Å². The maximum absolute atomic E-state index is 14.4. The van der Waals surface area contributed by atoms with Crippen LogP contribution >= 0.6 is 0 Å². The Morgan fingerprint density at radius 2 is 2.18 bits per heavy atom. The zero-order chi connectivity index (χ0) is 24.5. The number of aromatic nitrogens is 4. The topological polar surface area (TPSA) is 116 Å². The van der Waals surface area contributed by atoms with Gasteiger partial charge in [0.1, 0.15) is 18.2 Å². The molecule has 1 aliphatic rings. The molecule has 1 fully saturated rings. The average molecular weight is 477 g/mol. The molecule has 182 valence electrons. The second-order valence-electron chi connectivity index (χ2n) is 8.89. The second-order valence-corrected chi connectivity index (χ2v) is 8.89. The Morgan fingerprint density at radius 1 is 1.38 bits per heavy atom. The lowest BCUT2D eigenvalue weighted by Gasteiger charge is -2.23. The van der Waals surface area contributed by atoms with Crippen LogP contribution in [0.15, 0.2) is 30.7 Å². The Bertz CT molecular complexity index is 1180. The molecule has 0 saturated heterocycles. The molecule has 1 unspecified atom stereocenters. The van der Waals surface area contributed by atoms with Crippen molar-refractivity contribution >= 4 is 28.9 Å². The number of pyridine rings is 1. The summed E-state index contributed by atoms with van der Waals surface area (Å²) in [6, 6.07) is 2.89. The highest BCUT2D eigenvalue weighted by Gasteiger charge is 2.28. The van der Waals surface area contributed by atoms with Crippen molar-refractivity contribution in [1.29, 1.82) is 0 Å². The average Bonchev–Trinajstić information content (AvgIpc) is 3.39. The van der Waals surface area contributed by atoms with E-state index in [4.69, 9.17) is 0 Å². The van der Waals surface area contributed by atoms with Gasteiger partial charge in [0, 0.05) is 24.4 Å². The Balaban J connectivity index is 1.58. The molecule has 0 radical (unpaired) electrons. The van der Waals surface area contributed by atoms with Crippen molar-refractivity contribution in [3.05, 3.63) is 42.1 Å². The summed E-state index contributed by atoms with van der Waals surface area (Å²) in [5.41, 5.74) is -0.756. The number of fused-ring (bicyclic) bond motifs is 1. The highest BCUT2D eigenvalue weighted by atomic mass is 19.1. The molecule has 0 aromatic carbocycles. The van der Waals surface area contributed by atoms with Gasteiger partial charge in [-0.05, 0) is 33.1 Å². The van der Waals surface area contributed by atoms with E-state index in [1.807, 2.05) is 0 Å². The maximum Gasteiger partial charge on any atom is 0.255 e. The third-order valence-electron chi connectivity index (χ3n) is 5.67. The summed E-state index contributed by atoms with van der Waals surface area (Å²) in [4.78, 5) is 21.1. The lowest BCUT2D eigenvalue weighted by molar-refractivity contribution is -0.00177. The molecule has 9 nitrogen and oxygen atoms in total. The van der Waals surface area contributed by atoms with Crippen molar-refractivity contribution < 1.29 is 23.1 Å². The lowest BCUT2D eigenvalue weighted by Crippen LogP contribution is -2.42. The molecule has 4 N–H and O–H groups in total. The number of amides is 1. The molecule has 3 aromatic heterocycles. The van der Waals surface area contributed by atoms with Crippen LogP contribution in [-0.2, 0) is 0 Å². The molecule has 3 atom stereocenters. The van der Waals surface area contributed by atoms with E-state index in [2.05, 4.69) is 31.0 Å². The van der Waals surface area contributed by atoms with Crippen LogP contribution in [0.1, 0.15) is 43.5 Å². The number of nitrogens with zero attached hydrogens (tertiary/aromatic N) is 4. The van der Waals surface area contributed by atoms with E-state index in [0.29, 0.717) is 24.2 Å². The molecule has 0 bridgehead atoms. The van der Waals surface area contributed by atoms with E-state index in [-0.39, 0.29) is 29.7 Å². The fourth-order valence-corrected chi connectivity index (χ4v) is 3.67. The maximum atomic E-state index is 14.4. The van der Waals surface area contributed by atoms with Gasteiger partial charge >= 0.3 is 0 Å². The standard InChI is InChI=1S/C22H26F3N7O2/c1-22(2,34)17(25)10-27-21(33)14-9-26-18(8-16(14)29-13-4-3-12(23)7-13)30-20-15(24)11-32-19(31-20)5-6-28-32/h5-6,8-9,11-13,17,34H,3-4,7,10H2,1-2H3,(H,27,33)(H2,26,29,30,31)/t12?,13-,17-/m1/s1. The van der Waals surface area contributed by atoms with Gasteiger partial charge in [-0.3, -0.25) is 4.79 Å². The first-order chi connectivity index (χ1) is 16.1. The predicted octanol–water partition coefficient (Wildman–Crippen LogP) is 3.15. The van der Waals surface area contributed by atoms with Gasteiger partial charge in [-0.1, -0.05) is 0 Å². The largest absolute Gasteiger partial charge is 0.387 e. The summed E-state index contributed by atoms with van der Waals surface area (Å²) in [5.74, 6) is -1.16. The van der Waals surface area contributed by atoms with Crippen molar-refractivity contribution in [3.8, 4) is 0 Å². The molecular weight excluding hydrogens is 451 g/mol. The van der Waals surface area contributed by atoms with Crippen LogP contribution in [0.4, 0.5) is 30.5 Å². The van der Waals surface area contributed by atoms with E-state index in [1.54, 1.807) is 6.07 Å². The van der Waals surface area contributed by atoms with E-state index in [0.717, 1.165) is 0 Å². The molecule has 1 saturated carbocycles. The fourth-order valence-electron chi connectivity index (χ4n) is 3.67. The van der Waals surface area contributed by atoms with Crippen molar-refractivity contribution in [2.24, 2.45) is 0 Å². The van der Waals surface area contributed by atoms with Gasteiger partial charge in [-0.2, -0.15) is 5.10 Å². The van der Waals surface area contributed by atoms with Crippen LogP contribution in [0.25, 0.3) is 5.65 Å². The Labute approximate surface area is 193 Å². The van der Waals surface area contributed by atoms with Crippen molar-refractivity contribution in [2.45, 2.75) is 57.1 Å². The minimum Gasteiger partial charge on any atom is -0.387 e. The number of nitrogens with one attached hydrogen (secondary N) is 3. The molecule has 0 spiro atoms. The molecular formula is C22H26F3N7O2. The third kappa shape index (κ3) is 5.38. The van der Waals surface area contributed by atoms with Crippen LogP contribution in [0.2, 0.25) is 0 Å². The SMILES string of the molecule is CC(C)(O)[C@H](F)CNC(=O)c1cnc(Nc2nc3ccnn3cc2F)cc1N[C@@H]1CCC(F)C1. The lowest BCUT2D eigenvalue weighted by atomic mass is 10.0. The van der Waals surface area contributed by atoms with Crippen LogP contribution in [0, 0.1) is 5.82 Å². The van der Waals surface area contributed by atoms with Gasteiger partial charge in [0.25, 0.3) is 5.91 Å². The number of aliphatic hydroxyl groups is 1. The van der Waals surface area contributed by atoms with Gasteiger partial charge < -0.3 is 21.1 Å². The van der Waals surface area contributed by atoms with Crippen LogP contribution in [0.5, 0.6) is 0 Å². The Kier molecular flexibility index (Phi) is 6.60. The zero-order valence-corrected chi connectivity index (χ0v) is 18.7. The quantitative estimate of drug-likeness (QED) is 0.394. The number of anilines is 3. The van der Waals surface area contributed by atoms with Gasteiger partial charge in [-0.15, -0.1) is 0 Å². The number of rotatable bonds is 8. The van der Waals surface area contributed by atoms with Crippen LogP contribution in [0.3, 0.4) is 0 Å². The smallest absolute Gasteiger partial charge is 0.255 e. The van der Waals surface area contributed by atoms with Crippen molar-refractivity contribution in [3.63, 3.8) is 0 Å². The van der Waals surface area contributed by atoms with Gasteiger partial charge in [0.2, 0.25) is 0 Å². The minimum atomic E-state index is -1.68. The number of hydrogen-bond donors (Lipinski definition) is 4. The first-order valence-corrected chi connectivity index (χ1v) is 10.9. The van der Waals surface area contributed by atoms with Crippen LogP contribution < -0.4 is 16.0 Å². The van der Waals surface area contributed by atoms with E-state index in [9.17, 15) is 23.1 Å². The molecule has 0 aliphatic heterocycles. The normalized spacial score (nSPS) is 19.2. The predicted molar refractivity (Wildman–Crippen MR) is 120 cm³/mol. The van der Waals surface area contributed by atoms with E-state index >= 15 is 0 Å². The molecule has 12 heteroatoms. The molecule has 34 heavy (non-hydrogen) atoms. The van der Waals surface area contributed by atoms with Gasteiger partial charge in [-0.25, -0.2) is 27.7 Å². The summed E-state index contributed by atoms with van der Waals surface area (Å²) in [5, 5.41) is 22.1. The molecule has 1 aliphatic carbocycles. The second kappa shape index (κ2) is 9.45. The summed E-state index contributed by atoms with van der Waals surface area (Å²) < 4.78 is 43.5. The summed E-state index contributed by atoms with van der Waals surface area (Å²) >= 11 is 0. The summed E-state index contributed by atoms with van der Waals surface area (Å²) in [7, 11) is 0. The first-order valence-electron chi connectivity index (χ1n) is 10.9. The molecule has 3 heterocycles. The zero-order valence-electron chi connectivity index (χ0n) is 18.7. The monoisotopic (exact) mass is 477 g/mol. The highest BCUT2D eigenvalue weighted by molar-refractivity contribution is 5.99. The number of carbonyl (C=O) groups is 1. The molecule has 4 rings (SSSR count). The number of alkyl halides is 2. The summed E-state index contributed by atoms with van der Waals surface area (Å²) in [6.07, 6.45) is 2.56. The molecule has 1 amide bonds. The number of hydrogen-bond acceptors (Lipinski definition) is 7. The van der Waals surface area contributed by atoms with Crippen molar-refractivity contribution in [2.75, 3.05) is 17.2 Å². The first kappa shape index (κ1) is 23.7. The number of carbonyl (C=O) groups excluding carboxylic acids is 1. The van der Waals surface area contributed by atoms with Crippen LogP contribution in [-0.4, -0.2) is 61.1 Å². The minimum absolute atomic E-state index is 0.0845. The fraction of sp³-hybridized carbons (Fsp3) is 0.455. The highest BCUT2D eigenvalue weighted by Crippen LogP contribution is 2.29. The number of halogens is 3. The van der Waals surface area contributed by atoms with Gasteiger partial charge in [0.05, 0.1) is 35.8 Å². The Morgan fingerprint density at radius 3 is 2.88 bits per heavy atom.